The number of nitro benzene ring substituents is 1. The Kier molecular flexibility index (Phi) is 4.10. The smallest absolute Gasteiger partial charge is 0.359 e. The highest BCUT2D eigenvalue weighted by Gasteiger charge is 2.26. The number of benzene rings is 1. The van der Waals surface area contributed by atoms with E-state index in [4.69, 9.17) is 4.74 Å². The quantitative estimate of drug-likeness (QED) is 0.492. The minimum atomic E-state index is -0.439. The third kappa shape index (κ3) is 2.81. The first kappa shape index (κ1) is 15.2. The molecule has 0 saturated carbocycles. The van der Waals surface area contributed by atoms with Crippen LogP contribution in [0.15, 0.2) is 24.3 Å². The van der Waals surface area contributed by atoms with Crippen molar-refractivity contribution in [1.29, 1.82) is 0 Å². The predicted molar refractivity (Wildman–Crippen MR) is 82.8 cm³/mol. The Balaban J connectivity index is 2.11. The van der Waals surface area contributed by atoms with Crippen molar-refractivity contribution in [3.63, 3.8) is 0 Å². The Labute approximate surface area is 133 Å². The lowest BCUT2D eigenvalue weighted by Crippen LogP contribution is -2.10. The van der Waals surface area contributed by atoms with E-state index in [1.54, 1.807) is 23.7 Å². The van der Waals surface area contributed by atoms with Crippen LogP contribution in [0.5, 0.6) is 0 Å². The topological polar surface area (TPSA) is 87.3 Å². The zero-order valence-corrected chi connectivity index (χ0v) is 12.8. The van der Waals surface area contributed by atoms with Gasteiger partial charge in [0.05, 0.1) is 17.2 Å². The van der Waals surface area contributed by atoms with Crippen molar-refractivity contribution >= 4 is 11.7 Å². The van der Waals surface area contributed by atoms with E-state index in [2.05, 4.69) is 5.10 Å². The van der Waals surface area contributed by atoms with E-state index in [9.17, 15) is 14.9 Å². The van der Waals surface area contributed by atoms with E-state index in [-0.39, 0.29) is 12.3 Å². The number of hydrogen-bond donors (Lipinski definition) is 0. The van der Waals surface area contributed by atoms with Gasteiger partial charge in [-0.05, 0) is 38.7 Å². The molecule has 0 bridgehead atoms. The fourth-order valence-electron chi connectivity index (χ4n) is 2.91. The zero-order valence-electron chi connectivity index (χ0n) is 12.8. The van der Waals surface area contributed by atoms with Crippen molar-refractivity contribution in [3.05, 3.63) is 51.3 Å². The van der Waals surface area contributed by atoms with Crippen molar-refractivity contribution < 1.29 is 14.5 Å². The number of non-ortho nitro benzene ring substituents is 1. The first-order valence-electron chi connectivity index (χ1n) is 7.64. The van der Waals surface area contributed by atoms with Crippen LogP contribution in [-0.4, -0.2) is 27.3 Å². The first-order valence-corrected chi connectivity index (χ1v) is 7.64. The summed E-state index contributed by atoms with van der Waals surface area (Å²) >= 11 is 0. The minimum absolute atomic E-state index is 0.000226. The molecule has 7 nitrogen and oxygen atoms in total. The van der Waals surface area contributed by atoms with Crippen LogP contribution in [0.2, 0.25) is 0 Å². The number of ether oxygens (including phenoxy) is 1. The number of nitro groups is 1. The summed E-state index contributed by atoms with van der Waals surface area (Å²) in [4.78, 5) is 22.7. The number of carbonyl (C=O) groups is 1. The van der Waals surface area contributed by atoms with E-state index in [1.807, 2.05) is 0 Å². The van der Waals surface area contributed by atoms with Gasteiger partial charge in [0, 0.05) is 23.4 Å². The van der Waals surface area contributed by atoms with Gasteiger partial charge in [0.25, 0.3) is 5.69 Å². The van der Waals surface area contributed by atoms with Gasteiger partial charge in [-0.15, -0.1) is 0 Å². The van der Waals surface area contributed by atoms with E-state index < -0.39 is 10.9 Å². The summed E-state index contributed by atoms with van der Waals surface area (Å²) in [5.74, 6) is -0.435. The molecule has 0 spiro atoms. The van der Waals surface area contributed by atoms with Crippen LogP contribution in [0, 0.1) is 10.1 Å². The fourth-order valence-corrected chi connectivity index (χ4v) is 2.91. The molecular formula is C16H17N3O4. The van der Waals surface area contributed by atoms with E-state index in [0.717, 1.165) is 36.9 Å². The highest BCUT2D eigenvalue weighted by Crippen LogP contribution is 2.28. The summed E-state index contributed by atoms with van der Waals surface area (Å²) < 4.78 is 6.73. The molecule has 1 aliphatic rings. The number of hydrogen-bond acceptors (Lipinski definition) is 5. The van der Waals surface area contributed by atoms with Crippen LogP contribution in [0.1, 0.15) is 41.5 Å². The zero-order chi connectivity index (χ0) is 16.4. The molecule has 1 heterocycles. The third-order valence-corrected chi connectivity index (χ3v) is 3.93. The number of aromatic nitrogens is 2. The Morgan fingerprint density at radius 3 is 2.91 bits per heavy atom. The molecule has 0 amide bonds. The number of fused-ring (bicyclic) bond motifs is 1. The van der Waals surface area contributed by atoms with Gasteiger partial charge < -0.3 is 4.74 Å². The lowest BCUT2D eigenvalue weighted by atomic mass is 9.95. The highest BCUT2D eigenvalue weighted by atomic mass is 16.6. The fraction of sp³-hybridized carbons (Fsp3) is 0.375. The van der Waals surface area contributed by atoms with Crippen LogP contribution < -0.4 is 0 Å². The number of esters is 1. The lowest BCUT2D eigenvalue weighted by molar-refractivity contribution is -0.384. The first-order chi connectivity index (χ1) is 11.1. The Morgan fingerprint density at radius 2 is 2.17 bits per heavy atom. The largest absolute Gasteiger partial charge is 0.461 e. The van der Waals surface area contributed by atoms with Crippen LogP contribution in [0.3, 0.4) is 0 Å². The predicted octanol–water partition coefficient (Wildman–Crippen LogP) is 2.84. The normalized spacial score (nSPS) is 13.4. The molecule has 1 aromatic carbocycles. The Morgan fingerprint density at radius 1 is 1.39 bits per heavy atom. The van der Waals surface area contributed by atoms with Crippen LogP contribution in [0.25, 0.3) is 5.69 Å². The summed E-state index contributed by atoms with van der Waals surface area (Å²) in [6.07, 6.45) is 3.58. The molecule has 0 saturated heterocycles. The van der Waals surface area contributed by atoms with Crippen molar-refractivity contribution in [3.8, 4) is 5.69 Å². The molecule has 2 aromatic rings. The average molecular weight is 315 g/mol. The maximum absolute atomic E-state index is 12.1. The summed E-state index contributed by atoms with van der Waals surface area (Å²) in [6.45, 7) is 2.04. The SMILES string of the molecule is CCOC(=O)c1nn(-c2cccc([N+](=O)[O-])c2)c2c1CCCC2. The summed E-state index contributed by atoms with van der Waals surface area (Å²) in [7, 11) is 0. The number of carbonyl (C=O) groups excluding carboxylic acids is 1. The third-order valence-electron chi connectivity index (χ3n) is 3.93. The number of nitrogens with zero attached hydrogens (tertiary/aromatic N) is 3. The molecule has 3 rings (SSSR count). The molecule has 1 aromatic heterocycles. The molecule has 0 N–H and O–H groups in total. The van der Waals surface area contributed by atoms with Crippen molar-refractivity contribution in [2.45, 2.75) is 32.6 Å². The van der Waals surface area contributed by atoms with Gasteiger partial charge in [0.2, 0.25) is 0 Å². The molecular weight excluding hydrogens is 298 g/mol. The van der Waals surface area contributed by atoms with Crippen molar-refractivity contribution in [1.82, 2.24) is 9.78 Å². The molecule has 7 heteroatoms. The van der Waals surface area contributed by atoms with Gasteiger partial charge >= 0.3 is 5.97 Å². The van der Waals surface area contributed by atoms with Gasteiger partial charge in [-0.2, -0.15) is 5.10 Å². The maximum Gasteiger partial charge on any atom is 0.359 e. The molecule has 120 valence electrons. The van der Waals surface area contributed by atoms with Crippen LogP contribution in [-0.2, 0) is 17.6 Å². The van der Waals surface area contributed by atoms with Crippen LogP contribution >= 0.6 is 0 Å². The summed E-state index contributed by atoms with van der Waals surface area (Å²) in [5.41, 5.74) is 2.77. The van der Waals surface area contributed by atoms with E-state index in [1.165, 1.54) is 12.1 Å². The van der Waals surface area contributed by atoms with Gasteiger partial charge in [-0.3, -0.25) is 10.1 Å². The number of rotatable bonds is 4. The second-order valence-electron chi connectivity index (χ2n) is 5.39. The Hall–Kier alpha value is -2.70. The van der Waals surface area contributed by atoms with E-state index in [0.29, 0.717) is 11.4 Å². The maximum atomic E-state index is 12.1. The van der Waals surface area contributed by atoms with Gasteiger partial charge in [0.1, 0.15) is 0 Å². The molecule has 0 unspecified atom stereocenters. The van der Waals surface area contributed by atoms with E-state index >= 15 is 0 Å². The minimum Gasteiger partial charge on any atom is -0.461 e. The van der Waals surface area contributed by atoms with Crippen molar-refractivity contribution in [2.75, 3.05) is 6.61 Å². The van der Waals surface area contributed by atoms with Gasteiger partial charge in [0.15, 0.2) is 5.69 Å². The Bertz CT molecular complexity index is 767. The molecule has 23 heavy (non-hydrogen) atoms. The molecule has 0 atom stereocenters. The second-order valence-corrected chi connectivity index (χ2v) is 5.39. The van der Waals surface area contributed by atoms with Gasteiger partial charge in [-0.25, -0.2) is 9.48 Å². The summed E-state index contributed by atoms with van der Waals surface area (Å²) in [5, 5.41) is 15.4. The molecule has 0 fully saturated rings. The van der Waals surface area contributed by atoms with Crippen molar-refractivity contribution in [2.24, 2.45) is 0 Å². The molecule has 0 aliphatic heterocycles. The standard InChI is InChI=1S/C16H17N3O4/c1-2-23-16(20)15-13-8-3-4-9-14(13)18(17-15)11-6-5-7-12(10-11)19(21)22/h5-7,10H,2-4,8-9H2,1H3. The lowest BCUT2D eigenvalue weighted by Gasteiger charge is -2.14. The molecule has 1 aliphatic carbocycles. The monoisotopic (exact) mass is 315 g/mol. The summed E-state index contributed by atoms with van der Waals surface area (Å²) in [6, 6.07) is 6.28. The van der Waals surface area contributed by atoms with Gasteiger partial charge in [-0.1, -0.05) is 6.07 Å². The van der Waals surface area contributed by atoms with Crippen LogP contribution in [0.4, 0.5) is 5.69 Å². The highest BCUT2D eigenvalue weighted by molar-refractivity contribution is 5.89. The second kappa shape index (κ2) is 6.20. The molecule has 0 radical (unpaired) electrons. The average Bonchev–Trinajstić information content (AvgIpc) is 2.95.